The fourth-order valence-corrected chi connectivity index (χ4v) is 1.53. The van der Waals surface area contributed by atoms with Crippen LogP contribution in [-0.4, -0.2) is 20.2 Å². The maximum atomic E-state index is 5.69. The molecule has 0 aliphatic heterocycles. The molecular formula is C10H13N5. The van der Waals surface area contributed by atoms with Gasteiger partial charge in [-0.05, 0) is 41.1 Å². The van der Waals surface area contributed by atoms with Gasteiger partial charge in [0.05, 0.1) is 5.69 Å². The summed E-state index contributed by atoms with van der Waals surface area (Å²) >= 11 is 0. The van der Waals surface area contributed by atoms with E-state index < -0.39 is 0 Å². The van der Waals surface area contributed by atoms with Crippen molar-refractivity contribution in [1.82, 2.24) is 20.2 Å². The summed E-state index contributed by atoms with van der Waals surface area (Å²) in [7, 11) is 0. The zero-order valence-corrected chi connectivity index (χ0v) is 8.81. The first-order valence-corrected chi connectivity index (χ1v) is 4.86. The summed E-state index contributed by atoms with van der Waals surface area (Å²) in [6.45, 7) is 4.02. The topological polar surface area (TPSA) is 69.6 Å². The smallest absolute Gasteiger partial charge is 0.156 e. The quantitative estimate of drug-likeness (QED) is 0.742. The second kappa shape index (κ2) is 3.68. The third kappa shape index (κ3) is 1.68. The van der Waals surface area contributed by atoms with E-state index in [4.69, 9.17) is 5.73 Å². The highest BCUT2D eigenvalue weighted by Gasteiger charge is 2.08. The molecule has 2 aromatic rings. The van der Waals surface area contributed by atoms with Gasteiger partial charge >= 0.3 is 0 Å². The van der Waals surface area contributed by atoms with Crippen molar-refractivity contribution in [2.45, 2.75) is 20.3 Å². The molecule has 15 heavy (non-hydrogen) atoms. The number of nitrogens with two attached hydrogens (primary N) is 1. The largest absolute Gasteiger partial charge is 0.399 e. The molecule has 1 aromatic carbocycles. The molecule has 1 heterocycles. The Kier molecular flexibility index (Phi) is 2.37. The summed E-state index contributed by atoms with van der Waals surface area (Å²) in [5.74, 6) is 0.850. The minimum Gasteiger partial charge on any atom is -0.399 e. The molecule has 0 spiro atoms. The van der Waals surface area contributed by atoms with E-state index in [0.29, 0.717) is 0 Å². The number of hydrogen-bond donors (Lipinski definition) is 1. The van der Waals surface area contributed by atoms with Crippen LogP contribution < -0.4 is 5.73 Å². The Morgan fingerprint density at radius 2 is 2.20 bits per heavy atom. The molecule has 0 fully saturated rings. The SMILES string of the molecule is CCc1nnnn1-c1ccc(N)cc1C. The van der Waals surface area contributed by atoms with Gasteiger partial charge in [-0.2, -0.15) is 4.68 Å². The van der Waals surface area contributed by atoms with Crippen molar-refractivity contribution in [1.29, 1.82) is 0 Å². The lowest BCUT2D eigenvalue weighted by molar-refractivity contribution is 0.762. The first-order valence-electron chi connectivity index (χ1n) is 4.86. The van der Waals surface area contributed by atoms with E-state index in [1.807, 2.05) is 32.0 Å². The first kappa shape index (κ1) is 9.64. The zero-order valence-electron chi connectivity index (χ0n) is 8.81. The van der Waals surface area contributed by atoms with Crippen LogP contribution >= 0.6 is 0 Å². The van der Waals surface area contributed by atoms with Gasteiger partial charge in [-0.15, -0.1) is 5.10 Å². The second-order valence-corrected chi connectivity index (χ2v) is 3.41. The summed E-state index contributed by atoms with van der Waals surface area (Å²) in [4.78, 5) is 0. The van der Waals surface area contributed by atoms with E-state index in [0.717, 1.165) is 29.2 Å². The van der Waals surface area contributed by atoms with Crippen LogP contribution in [-0.2, 0) is 6.42 Å². The maximum absolute atomic E-state index is 5.69. The molecule has 2 N–H and O–H groups in total. The summed E-state index contributed by atoms with van der Waals surface area (Å²) < 4.78 is 1.74. The Labute approximate surface area is 87.9 Å². The Morgan fingerprint density at radius 1 is 1.40 bits per heavy atom. The molecular weight excluding hydrogens is 190 g/mol. The molecule has 78 valence electrons. The van der Waals surface area contributed by atoms with Crippen LogP contribution in [0.2, 0.25) is 0 Å². The number of nitrogen functional groups attached to an aromatic ring is 1. The second-order valence-electron chi connectivity index (χ2n) is 3.41. The normalized spacial score (nSPS) is 10.5. The van der Waals surface area contributed by atoms with Crippen molar-refractivity contribution in [2.24, 2.45) is 0 Å². The number of hydrogen-bond acceptors (Lipinski definition) is 4. The zero-order chi connectivity index (χ0) is 10.8. The summed E-state index contributed by atoms with van der Waals surface area (Å²) in [6, 6.07) is 5.69. The fourth-order valence-electron chi connectivity index (χ4n) is 1.53. The lowest BCUT2D eigenvalue weighted by atomic mass is 10.2. The number of aryl methyl sites for hydroxylation is 2. The van der Waals surface area contributed by atoms with Gasteiger partial charge in [-0.3, -0.25) is 0 Å². The van der Waals surface area contributed by atoms with Gasteiger partial charge in [-0.1, -0.05) is 6.92 Å². The van der Waals surface area contributed by atoms with E-state index in [1.165, 1.54) is 0 Å². The van der Waals surface area contributed by atoms with Gasteiger partial charge in [0.25, 0.3) is 0 Å². The highest BCUT2D eigenvalue weighted by atomic mass is 15.5. The number of benzene rings is 1. The van der Waals surface area contributed by atoms with E-state index in [9.17, 15) is 0 Å². The molecule has 2 rings (SSSR count). The average molecular weight is 203 g/mol. The van der Waals surface area contributed by atoms with Crippen LogP contribution in [0.5, 0.6) is 0 Å². The van der Waals surface area contributed by atoms with Gasteiger partial charge in [0.15, 0.2) is 5.82 Å². The van der Waals surface area contributed by atoms with E-state index >= 15 is 0 Å². The molecule has 1 aromatic heterocycles. The molecule has 0 aliphatic carbocycles. The maximum Gasteiger partial charge on any atom is 0.156 e. The van der Waals surface area contributed by atoms with Crippen LogP contribution in [0.3, 0.4) is 0 Å². The number of rotatable bonds is 2. The minimum absolute atomic E-state index is 0.752. The predicted octanol–water partition coefficient (Wildman–Crippen LogP) is 1.12. The van der Waals surface area contributed by atoms with E-state index in [1.54, 1.807) is 4.68 Å². The van der Waals surface area contributed by atoms with Crippen LogP contribution in [0.1, 0.15) is 18.3 Å². The number of tetrazole rings is 1. The minimum atomic E-state index is 0.752. The molecule has 0 unspecified atom stereocenters. The van der Waals surface area contributed by atoms with Crippen LogP contribution in [0.4, 0.5) is 5.69 Å². The fraction of sp³-hybridized carbons (Fsp3) is 0.300. The average Bonchev–Trinajstić information content (AvgIpc) is 2.65. The molecule has 5 heteroatoms. The predicted molar refractivity (Wildman–Crippen MR) is 57.7 cm³/mol. The van der Waals surface area contributed by atoms with Gasteiger partial charge in [0, 0.05) is 12.1 Å². The number of aromatic nitrogens is 4. The Morgan fingerprint density at radius 3 is 2.87 bits per heavy atom. The van der Waals surface area contributed by atoms with Crippen LogP contribution in [0, 0.1) is 6.92 Å². The van der Waals surface area contributed by atoms with Crippen molar-refractivity contribution in [3.05, 3.63) is 29.6 Å². The van der Waals surface area contributed by atoms with Crippen molar-refractivity contribution < 1.29 is 0 Å². The third-order valence-electron chi connectivity index (χ3n) is 2.30. The highest BCUT2D eigenvalue weighted by Crippen LogP contribution is 2.16. The van der Waals surface area contributed by atoms with Crippen LogP contribution in [0.15, 0.2) is 18.2 Å². The van der Waals surface area contributed by atoms with Crippen molar-refractivity contribution in [2.75, 3.05) is 5.73 Å². The Bertz CT molecular complexity index is 474. The summed E-state index contributed by atoms with van der Waals surface area (Å²) in [5.41, 5.74) is 8.49. The molecule has 0 bridgehead atoms. The molecule has 0 radical (unpaired) electrons. The Balaban J connectivity index is 2.54. The lowest BCUT2D eigenvalue weighted by Gasteiger charge is -2.07. The van der Waals surface area contributed by atoms with Crippen LogP contribution in [0.25, 0.3) is 5.69 Å². The molecule has 0 saturated heterocycles. The third-order valence-corrected chi connectivity index (χ3v) is 2.30. The van der Waals surface area contributed by atoms with E-state index in [2.05, 4.69) is 15.5 Å². The molecule has 0 atom stereocenters. The van der Waals surface area contributed by atoms with E-state index in [-0.39, 0.29) is 0 Å². The van der Waals surface area contributed by atoms with Gasteiger partial charge < -0.3 is 5.73 Å². The van der Waals surface area contributed by atoms with Gasteiger partial charge in [0.1, 0.15) is 0 Å². The Hall–Kier alpha value is -1.91. The number of anilines is 1. The van der Waals surface area contributed by atoms with Gasteiger partial charge in [-0.25, -0.2) is 0 Å². The van der Waals surface area contributed by atoms with Gasteiger partial charge in [0.2, 0.25) is 0 Å². The molecule has 0 aliphatic rings. The summed E-state index contributed by atoms with van der Waals surface area (Å²) in [5, 5.41) is 11.6. The molecule has 0 saturated carbocycles. The molecule has 5 nitrogen and oxygen atoms in total. The monoisotopic (exact) mass is 203 g/mol. The first-order chi connectivity index (χ1) is 7.22. The van der Waals surface area contributed by atoms with Crippen molar-refractivity contribution >= 4 is 5.69 Å². The summed E-state index contributed by atoms with van der Waals surface area (Å²) in [6.07, 6.45) is 0.802. The van der Waals surface area contributed by atoms with Crippen molar-refractivity contribution in [3.8, 4) is 5.69 Å². The molecule has 0 amide bonds. The highest BCUT2D eigenvalue weighted by molar-refractivity contribution is 5.50. The van der Waals surface area contributed by atoms with Crippen molar-refractivity contribution in [3.63, 3.8) is 0 Å². The standard InChI is InChI=1S/C10H13N5/c1-3-10-12-13-14-15(10)9-5-4-8(11)6-7(9)2/h4-6H,3,11H2,1-2H3. The number of nitrogens with zero attached hydrogens (tertiary/aromatic N) is 4. The lowest BCUT2D eigenvalue weighted by Crippen LogP contribution is -2.04.